The van der Waals surface area contributed by atoms with Crippen LogP contribution in [0.3, 0.4) is 0 Å². The van der Waals surface area contributed by atoms with Crippen LogP contribution in [0.1, 0.15) is 56.4 Å². The first kappa shape index (κ1) is 12.3. The third kappa shape index (κ3) is 3.40. The van der Waals surface area contributed by atoms with E-state index in [4.69, 9.17) is 23.2 Å². The van der Waals surface area contributed by atoms with E-state index in [0.29, 0.717) is 5.92 Å². The van der Waals surface area contributed by atoms with E-state index in [1.807, 2.05) is 6.07 Å². The van der Waals surface area contributed by atoms with Gasteiger partial charge >= 0.3 is 0 Å². The molecule has 0 nitrogen and oxygen atoms in total. The van der Waals surface area contributed by atoms with Crippen LogP contribution in [-0.2, 0) is 0 Å². The summed E-state index contributed by atoms with van der Waals surface area (Å²) in [6.45, 7) is 0. The largest absolute Gasteiger partial charge is 0.0843 e. The van der Waals surface area contributed by atoms with Gasteiger partial charge in [-0.15, -0.1) is 0 Å². The standard InChI is InChI=1S/C14H18Cl2/c15-13-8-12(9-14(16)10-13)11-6-4-2-1-3-5-7-11/h8-11H,1-7H2. The lowest BCUT2D eigenvalue weighted by molar-refractivity contribution is 0.455. The average Bonchev–Trinajstić information content (AvgIpc) is 2.14. The molecule has 1 aliphatic rings. The average molecular weight is 257 g/mol. The van der Waals surface area contributed by atoms with Crippen molar-refractivity contribution in [2.75, 3.05) is 0 Å². The molecule has 0 bridgehead atoms. The van der Waals surface area contributed by atoms with Crippen LogP contribution in [0.2, 0.25) is 10.0 Å². The van der Waals surface area contributed by atoms with E-state index < -0.39 is 0 Å². The summed E-state index contributed by atoms with van der Waals surface area (Å²) in [6.07, 6.45) is 9.43. The molecule has 0 saturated heterocycles. The molecule has 1 aromatic carbocycles. The molecule has 1 aromatic rings. The van der Waals surface area contributed by atoms with Gasteiger partial charge < -0.3 is 0 Å². The molecule has 0 unspecified atom stereocenters. The van der Waals surface area contributed by atoms with Gasteiger partial charge in [-0.1, -0.05) is 55.3 Å². The highest BCUT2D eigenvalue weighted by Crippen LogP contribution is 2.33. The maximum Gasteiger partial charge on any atom is 0.0423 e. The number of halogens is 2. The Kier molecular flexibility index (Phi) is 4.55. The van der Waals surface area contributed by atoms with Gasteiger partial charge in [-0.25, -0.2) is 0 Å². The van der Waals surface area contributed by atoms with Gasteiger partial charge in [0, 0.05) is 10.0 Å². The van der Waals surface area contributed by atoms with Crippen molar-refractivity contribution in [1.82, 2.24) is 0 Å². The SMILES string of the molecule is Clc1cc(Cl)cc(C2CCCCCCC2)c1. The van der Waals surface area contributed by atoms with Crippen molar-refractivity contribution in [3.63, 3.8) is 0 Å². The Bertz CT molecular complexity index is 318. The summed E-state index contributed by atoms with van der Waals surface area (Å²) in [6, 6.07) is 5.98. The van der Waals surface area contributed by atoms with Crippen molar-refractivity contribution in [1.29, 1.82) is 0 Å². The summed E-state index contributed by atoms with van der Waals surface area (Å²) < 4.78 is 0. The second-order valence-corrected chi connectivity index (χ2v) is 5.62. The second kappa shape index (κ2) is 5.93. The monoisotopic (exact) mass is 256 g/mol. The number of rotatable bonds is 1. The second-order valence-electron chi connectivity index (χ2n) is 4.74. The Labute approximate surface area is 108 Å². The molecule has 0 amide bonds. The fourth-order valence-electron chi connectivity index (χ4n) is 2.60. The molecule has 1 aliphatic carbocycles. The maximum atomic E-state index is 6.06. The summed E-state index contributed by atoms with van der Waals surface area (Å²) in [7, 11) is 0. The van der Waals surface area contributed by atoms with Gasteiger partial charge in [0.15, 0.2) is 0 Å². The third-order valence-electron chi connectivity index (χ3n) is 3.46. The molecule has 2 heteroatoms. The van der Waals surface area contributed by atoms with Crippen LogP contribution in [0.4, 0.5) is 0 Å². The van der Waals surface area contributed by atoms with Gasteiger partial charge in [-0.05, 0) is 42.5 Å². The molecular weight excluding hydrogens is 239 g/mol. The zero-order valence-electron chi connectivity index (χ0n) is 9.52. The molecule has 2 rings (SSSR count). The Hall–Kier alpha value is -0.200. The zero-order chi connectivity index (χ0) is 11.4. The highest BCUT2D eigenvalue weighted by Gasteiger charge is 2.14. The fraction of sp³-hybridized carbons (Fsp3) is 0.571. The van der Waals surface area contributed by atoms with Crippen LogP contribution in [-0.4, -0.2) is 0 Å². The predicted molar refractivity (Wildman–Crippen MR) is 71.5 cm³/mol. The molecular formula is C14H18Cl2. The normalized spacial score (nSPS) is 19.1. The molecule has 0 radical (unpaired) electrons. The number of hydrogen-bond donors (Lipinski definition) is 0. The minimum atomic E-state index is 0.663. The molecule has 0 aromatic heterocycles. The van der Waals surface area contributed by atoms with Gasteiger partial charge in [0.25, 0.3) is 0 Å². The first-order valence-corrected chi connectivity index (χ1v) is 6.97. The van der Waals surface area contributed by atoms with E-state index in [0.717, 1.165) is 10.0 Å². The summed E-state index contributed by atoms with van der Waals surface area (Å²) in [4.78, 5) is 0. The number of benzene rings is 1. The third-order valence-corrected chi connectivity index (χ3v) is 3.90. The topological polar surface area (TPSA) is 0 Å². The first-order valence-electron chi connectivity index (χ1n) is 6.22. The molecule has 88 valence electrons. The van der Waals surface area contributed by atoms with Crippen molar-refractivity contribution in [2.24, 2.45) is 0 Å². The summed E-state index contributed by atoms with van der Waals surface area (Å²) in [5, 5.41) is 1.54. The minimum Gasteiger partial charge on any atom is -0.0843 e. The Balaban J connectivity index is 2.13. The molecule has 1 fully saturated rings. The zero-order valence-corrected chi connectivity index (χ0v) is 11.0. The molecule has 0 aliphatic heterocycles. The molecule has 0 N–H and O–H groups in total. The van der Waals surface area contributed by atoms with Gasteiger partial charge in [0.05, 0.1) is 0 Å². The Morgan fingerprint density at radius 2 is 1.25 bits per heavy atom. The summed E-state index contributed by atoms with van der Waals surface area (Å²) in [5.74, 6) is 0.663. The van der Waals surface area contributed by atoms with Crippen molar-refractivity contribution in [3.05, 3.63) is 33.8 Å². The highest BCUT2D eigenvalue weighted by molar-refractivity contribution is 6.34. The van der Waals surface area contributed by atoms with Crippen LogP contribution >= 0.6 is 23.2 Å². The Morgan fingerprint density at radius 3 is 1.81 bits per heavy atom. The Morgan fingerprint density at radius 1 is 0.750 bits per heavy atom. The van der Waals surface area contributed by atoms with Crippen molar-refractivity contribution >= 4 is 23.2 Å². The quantitative estimate of drug-likeness (QED) is 0.594. The molecule has 0 atom stereocenters. The highest BCUT2D eigenvalue weighted by atomic mass is 35.5. The van der Waals surface area contributed by atoms with Crippen LogP contribution < -0.4 is 0 Å². The molecule has 1 saturated carbocycles. The van der Waals surface area contributed by atoms with Crippen LogP contribution in [0, 0.1) is 0 Å². The molecule has 16 heavy (non-hydrogen) atoms. The first-order chi connectivity index (χ1) is 7.75. The smallest absolute Gasteiger partial charge is 0.0423 e. The van der Waals surface area contributed by atoms with E-state index in [2.05, 4.69) is 12.1 Å². The van der Waals surface area contributed by atoms with Crippen molar-refractivity contribution < 1.29 is 0 Å². The van der Waals surface area contributed by atoms with Crippen molar-refractivity contribution in [2.45, 2.75) is 50.9 Å². The van der Waals surface area contributed by atoms with E-state index >= 15 is 0 Å². The molecule has 0 heterocycles. The van der Waals surface area contributed by atoms with Gasteiger partial charge in [-0.3, -0.25) is 0 Å². The lowest BCUT2D eigenvalue weighted by Gasteiger charge is -2.20. The maximum absolute atomic E-state index is 6.06. The van der Waals surface area contributed by atoms with Gasteiger partial charge in [0.2, 0.25) is 0 Å². The van der Waals surface area contributed by atoms with Crippen LogP contribution in [0.25, 0.3) is 0 Å². The summed E-state index contributed by atoms with van der Waals surface area (Å²) >= 11 is 12.1. The van der Waals surface area contributed by atoms with Crippen LogP contribution in [0.5, 0.6) is 0 Å². The van der Waals surface area contributed by atoms with E-state index in [1.54, 1.807) is 0 Å². The lowest BCUT2D eigenvalue weighted by Crippen LogP contribution is -2.02. The lowest BCUT2D eigenvalue weighted by atomic mass is 9.86. The van der Waals surface area contributed by atoms with Gasteiger partial charge in [-0.2, -0.15) is 0 Å². The minimum absolute atomic E-state index is 0.663. The van der Waals surface area contributed by atoms with Crippen molar-refractivity contribution in [3.8, 4) is 0 Å². The van der Waals surface area contributed by atoms with Gasteiger partial charge in [0.1, 0.15) is 0 Å². The predicted octanol–water partition coefficient (Wildman–Crippen LogP) is 5.82. The van der Waals surface area contributed by atoms with E-state index in [9.17, 15) is 0 Å². The number of hydrogen-bond acceptors (Lipinski definition) is 0. The fourth-order valence-corrected chi connectivity index (χ4v) is 3.14. The molecule has 0 spiro atoms. The van der Waals surface area contributed by atoms with E-state index in [-0.39, 0.29) is 0 Å². The van der Waals surface area contributed by atoms with E-state index in [1.165, 1.54) is 50.5 Å². The van der Waals surface area contributed by atoms with Crippen LogP contribution in [0.15, 0.2) is 18.2 Å². The summed E-state index contributed by atoms with van der Waals surface area (Å²) in [5.41, 5.74) is 1.33.